The highest BCUT2D eigenvalue weighted by molar-refractivity contribution is 7.98. The Morgan fingerprint density at radius 2 is 2.08 bits per heavy atom. The van der Waals surface area contributed by atoms with Crippen molar-refractivity contribution in [1.82, 2.24) is 0 Å². The van der Waals surface area contributed by atoms with Gasteiger partial charge >= 0.3 is 6.61 Å². The average molecular weight is 208 g/mol. The molecule has 0 atom stereocenters. The Morgan fingerprint density at radius 1 is 1.38 bits per heavy atom. The second-order valence-corrected chi connectivity index (χ2v) is 3.05. The summed E-state index contributed by atoms with van der Waals surface area (Å²) in [4.78, 5) is 0.678. The lowest BCUT2D eigenvalue weighted by Crippen LogP contribution is -2.03. The fraction of sp³-hybridized carbons (Fsp3) is 0.250. The van der Waals surface area contributed by atoms with E-state index >= 15 is 0 Å². The second-order valence-electron chi connectivity index (χ2n) is 2.17. The van der Waals surface area contributed by atoms with Crippen molar-refractivity contribution in [3.8, 4) is 5.75 Å². The lowest BCUT2D eigenvalue weighted by molar-refractivity contribution is -0.0523. The molecule has 1 rings (SSSR count). The van der Waals surface area contributed by atoms with Crippen LogP contribution in [-0.2, 0) is 0 Å². The average Bonchev–Trinajstić information content (AvgIpc) is 2.08. The third kappa shape index (κ3) is 2.84. The van der Waals surface area contributed by atoms with Gasteiger partial charge in [0.2, 0.25) is 0 Å². The Kier molecular flexibility index (Phi) is 3.48. The summed E-state index contributed by atoms with van der Waals surface area (Å²) in [6.45, 7) is -2.99. The van der Waals surface area contributed by atoms with Gasteiger partial charge in [-0.25, -0.2) is 4.39 Å². The Hall–Kier alpha value is -0.840. The van der Waals surface area contributed by atoms with Crippen molar-refractivity contribution in [3.05, 3.63) is 24.0 Å². The second kappa shape index (κ2) is 4.41. The third-order valence-electron chi connectivity index (χ3n) is 1.35. The minimum atomic E-state index is -2.99. The molecule has 1 aromatic rings. The van der Waals surface area contributed by atoms with Crippen molar-refractivity contribution >= 4 is 11.8 Å². The van der Waals surface area contributed by atoms with Crippen LogP contribution in [0.3, 0.4) is 0 Å². The van der Waals surface area contributed by atoms with Crippen LogP contribution < -0.4 is 4.74 Å². The van der Waals surface area contributed by atoms with E-state index in [2.05, 4.69) is 4.74 Å². The van der Waals surface area contributed by atoms with E-state index in [0.29, 0.717) is 4.90 Å². The van der Waals surface area contributed by atoms with Crippen LogP contribution in [0.4, 0.5) is 13.2 Å². The smallest absolute Gasteiger partial charge is 0.387 e. The van der Waals surface area contributed by atoms with E-state index < -0.39 is 18.2 Å². The van der Waals surface area contributed by atoms with E-state index in [4.69, 9.17) is 0 Å². The largest absolute Gasteiger partial charge is 0.432 e. The summed E-state index contributed by atoms with van der Waals surface area (Å²) in [5.74, 6) is -1.19. The van der Waals surface area contributed by atoms with E-state index in [-0.39, 0.29) is 0 Å². The molecular weight excluding hydrogens is 201 g/mol. The Morgan fingerprint density at radius 3 is 2.62 bits per heavy atom. The zero-order valence-electron chi connectivity index (χ0n) is 6.76. The highest BCUT2D eigenvalue weighted by Crippen LogP contribution is 2.25. The first-order chi connectivity index (χ1) is 6.13. The fourth-order valence-corrected chi connectivity index (χ4v) is 1.23. The predicted molar refractivity (Wildman–Crippen MR) is 44.8 cm³/mol. The standard InChI is InChI=1S/C8H7F3OS/c1-13-5-2-3-6(9)7(4-5)12-8(10)11/h2-4,8H,1H3. The van der Waals surface area contributed by atoms with E-state index in [9.17, 15) is 13.2 Å². The van der Waals surface area contributed by atoms with Crippen LogP contribution in [0.2, 0.25) is 0 Å². The lowest BCUT2D eigenvalue weighted by Gasteiger charge is -2.06. The molecule has 0 heterocycles. The molecule has 0 bridgehead atoms. The molecule has 1 nitrogen and oxygen atoms in total. The number of ether oxygens (including phenoxy) is 1. The molecule has 0 aliphatic carbocycles. The van der Waals surface area contributed by atoms with E-state index in [1.54, 1.807) is 6.26 Å². The number of benzene rings is 1. The Balaban J connectivity index is 2.90. The third-order valence-corrected chi connectivity index (χ3v) is 2.08. The van der Waals surface area contributed by atoms with Crippen molar-refractivity contribution in [2.75, 3.05) is 6.26 Å². The van der Waals surface area contributed by atoms with Gasteiger partial charge in [0.05, 0.1) is 0 Å². The molecule has 0 aliphatic heterocycles. The first kappa shape index (κ1) is 10.2. The molecule has 72 valence electrons. The topological polar surface area (TPSA) is 9.23 Å². The minimum Gasteiger partial charge on any atom is -0.432 e. The molecule has 0 N–H and O–H groups in total. The minimum absolute atomic E-state index is 0.415. The van der Waals surface area contributed by atoms with Crippen LogP contribution in [0.15, 0.2) is 23.1 Å². The summed E-state index contributed by atoms with van der Waals surface area (Å²) in [6.07, 6.45) is 1.76. The molecule has 0 saturated carbocycles. The molecule has 13 heavy (non-hydrogen) atoms. The molecule has 0 radical (unpaired) electrons. The maximum Gasteiger partial charge on any atom is 0.387 e. The summed E-state index contributed by atoms with van der Waals surface area (Å²) in [6, 6.07) is 3.84. The first-order valence-corrected chi connectivity index (χ1v) is 4.64. The van der Waals surface area contributed by atoms with Gasteiger partial charge in [-0.1, -0.05) is 0 Å². The first-order valence-electron chi connectivity index (χ1n) is 3.42. The molecule has 0 aliphatic rings. The SMILES string of the molecule is CSc1ccc(F)c(OC(F)F)c1. The highest BCUT2D eigenvalue weighted by Gasteiger charge is 2.09. The monoisotopic (exact) mass is 208 g/mol. The van der Waals surface area contributed by atoms with Crippen LogP contribution in [0, 0.1) is 5.82 Å². The van der Waals surface area contributed by atoms with Gasteiger partial charge in [0, 0.05) is 4.90 Å². The van der Waals surface area contributed by atoms with Crippen LogP contribution >= 0.6 is 11.8 Å². The summed E-state index contributed by atoms with van der Waals surface area (Å²) in [5, 5.41) is 0. The highest BCUT2D eigenvalue weighted by atomic mass is 32.2. The molecule has 0 amide bonds. The van der Waals surface area contributed by atoms with Crippen molar-refractivity contribution in [2.45, 2.75) is 11.5 Å². The Labute approximate surface area is 77.9 Å². The summed E-state index contributed by atoms with van der Waals surface area (Å²) in [5.41, 5.74) is 0. The number of alkyl halides is 2. The van der Waals surface area contributed by atoms with Gasteiger partial charge in [-0.05, 0) is 24.5 Å². The predicted octanol–water partition coefficient (Wildman–Crippen LogP) is 3.15. The van der Waals surface area contributed by atoms with Crippen LogP contribution in [-0.4, -0.2) is 12.9 Å². The molecule has 0 unspecified atom stereocenters. The van der Waals surface area contributed by atoms with E-state index in [1.165, 1.54) is 23.9 Å². The number of hydrogen-bond donors (Lipinski definition) is 0. The van der Waals surface area contributed by atoms with Gasteiger partial charge in [-0.2, -0.15) is 8.78 Å². The maximum absolute atomic E-state index is 12.8. The van der Waals surface area contributed by atoms with Gasteiger partial charge in [0.25, 0.3) is 0 Å². The van der Waals surface area contributed by atoms with Crippen LogP contribution in [0.25, 0.3) is 0 Å². The quantitative estimate of drug-likeness (QED) is 0.705. The number of rotatable bonds is 3. The number of thioether (sulfide) groups is 1. The zero-order chi connectivity index (χ0) is 9.84. The van der Waals surface area contributed by atoms with Crippen molar-refractivity contribution < 1.29 is 17.9 Å². The van der Waals surface area contributed by atoms with Crippen molar-refractivity contribution in [3.63, 3.8) is 0 Å². The van der Waals surface area contributed by atoms with Crippen molar-refractivity contribution in [2.24, 2.45) is 0 Å². The maximum atomic E-state index is 12.8. The summed E-state index contributed by atoms with van der Waals surface area (Å²) >= 11 is 1.33. The molecule has 5 heteroatoms. The zero-order valence-corrected chi connectivity index (χ0v) is 7.58. The van der Waals surface area contributed by atoms with Crippen LogP contribution in [0.1, 0.15) is 0 Å². The van der Waals surface area contributed by atoms with Gasteiger partial charge < -0.3 is 4.74 Å². The van der Waals surface area contributed by atoms with Gasteiger partial charge in [-0.15, -0.1) is 11.8 Å². The Bertz CT molecular complexity index is 291. The van der Waals surface area contributed by atoms with Gasteiger partial charge in [0.15, 0.2) is 11.6 Å². The summed E-state index contributed by atoms with van der Waals surface area (Å²) < 4.78 is 40.2. The van der Waals surface area contributed by atoms with E-state index in [0.717, 1.165) is 6.07 Å². The van der Waals surface area contributed by atoms with E-state index in [1.807, 2.05) is 0 Å². The molecule has 0 aromatic heterocycles. The van der Waals surface area contributed by atoms with Gasteiger partial charge in [-0.3, -0.25) is 0 Å². The van der Waals surface area contributed by atoms with Crippen molar-refractivity contribution in [1.29, 1.82) is 0 Å². The molecule has 0 fully saturated rings. The normalized spacial score (nSPS) is 10.5. The van der Waals surface area contributed by atoms with Crippen LogP contribution in [0.5, 0.6) is 5.75 Å². The van der Waals surface area contributed by atoms with Gasteiger partial charge in [0.1, 0.15) is 0 Å². The molecule has 0 saturated heterocycles. The summed E-state index contributed by atoms with van der Waals surface area (Å²) in [7, 11) is 0. The molecule has 0 spiro atoms. The number of halogens is 3. The molecular formula is C8H7F3OS. The molecule has 1 aromatic carbocycles. The lowest BCUT2D eigenvalue weighted by atomic mass is 10.3. The number of hydrogen-bond acceptors (Lipinski definition) is 2. The fourth-order valence-electron chi connectivity index (χ4n) is 0.797.